The first-order valence-corrected chi connectivity index (χ1v) is 19.1. The lowest BCUT2D eigenvalue weighted by Gasteiger charge is -2.25. The minimum absolute atomic E-state index is 0.425. The maximum atomic E-state index is 2.48. The molecule has 0 saturated heterocycles. The molecule has 0 N–H and O–H groups in total. The Morgan fingerprint density at radius 1 is 0.315 bits per heavy atom. The summed E-state index contributed by atoms with van der Waals surface area (Å²) >= 11 is 0. The lowest BCUT2D eigenvalue weighted by Crippen LogP contribution is -2.13. The molecule has 12 rings (SSSR count). The molecule has 0 fully saturated rings. The number of hydrogen-bond donors (Lipinski definition) is 0. The summed E-state index contributed by atoms with van der Waals surface area (Å²) in [4.78, 5) is 0. The van der Waals surface area contributed by atoms with Gasteiger partial charge >= 0.3 is 0 Å². The Kier molecular flexibility index (Phi) is 6.27. The third-order valence-corrected chi connectivity index (χ3v) is 12.3. The largest absolute Gasteiger partial charge is 0.0767 e. The zero-order valence-electron chi connectivity index (χ0n) is 29.6. The molecule has 0 heterocycles. The number of benzene rings is 8. The topological polar surface area (TPSA) is 0 Å². The van der Waals surface area contributed by atoms with E-state index in [0.29, 0.717) is 11.8 Å². The predicted molar refractivity (Wildman–Crippen MR) is 229 cm³/mol. The number of hydrogen-bond acceptors (Lipinski definition) is 0. The van der Waals surface area contributed by atoms with Crippen LogP contribution in [-0.2, 0) is 0 Å². The molecule has 0 saturated carbocycles. The summed E-state index contributed by atoms with van der Waals surface area (Å²) in [5.74, 6) is 0.861. The van der Waals surface area contributed by atoms with E-state index < -0.39 is 0 Å². The monoisotopic (exact) mass is 682 g/mol. The Labute approximate surface area is 315 Å². The molecule has 0 spiro atoms. The lowest BCUT2D eigenvalue weighted by atomic mass is 9.78. The van der Waals surface area contributed by atoms with Gasteiger partial charge in [-0.05, 0) is 123 Å². The Morgan fingerprint density at radius 2 is 0.870 bits per heavy atom. The molecule has 54 heavy (non-hydrogen) atoms. The van der Waals surface area contributed by atoms with Crippen molar-refractivity contribution in [3.8, 4) is 66.8 Å². The maximum Gasteiger partial charge on any atom is 0.0199 e. The molecule has 2 unspecified atom stereocenters. The van der Waals surface area contributed by atoms with Crippen LogP contribution in [0.2, 0.25) is 0 Å². The van der Waals surface area contributed by atoms with Crippen LogP contribution in [0, 0.1) is 11.8 Å². The fourth-order valence-corrected chi connectivity index (χ4v) is 10.1. The molecule has 250 valence electrons. The zero-order valence-corrected chi connectivity index (χ0v) is 29.6. The van der Waals surface area contributed by atoms with E-state index in [1.165, 1.54) is 111 Å². The fourth-order valence-electron chi connectivity index (χ4n) is 10.1. The summed E-state index contributed by atoms with van der Waals surface area (Å²) in [5, 5.41) is 5.21. The standard InChI is InChI=1S/C54H34/c1-4-13-33(14-5-1)39-29-30-46-52-41(39)23-12-24-45(52)53-51(36-17-8-3-9-18-36)48-32-38(26-28-44(48)50(54(46)53)35-15-6-2-7-16-35)37-25-27-40-42-21-10-19-34-20-11-22-43(49(34)42)47(40)31-37/h1-32,34,49H. The van der Waals surface area contributed by atoms with Crippen LogP contribution in [0.25, 0.3) is 99.5 Å². The van der Waals surface area contributed by atoms with Crippen LogP contribution in [0.15, 0.2) is 194 Å². The van der Waals surface area contributed by atoms with Crippen molar-refractivity contribution in [3.05, 3.63) is 205 Å². The predicted octanol–water partition coefficient (Wildman–Crippen LogP) is 14.5. The van der Waals surface area contributed by atoms with Crippen molar-refractivity contribution in [1.29, 1.82) is 0 Å². The van der Waals surface area contributed by atoms with Crippen LogP contribution in [0.3, 0.4) is 0 Å². The molecule has 0 radical (unpaired) electrons. The summed E-state index contributed by atoms with van der Waals surface area (Å²) in [6.07, 6.45) is 13.9. The molecule has 8 aromatic rings. The Balaban J connectivity index is 1.16. The number of fused-ring (bicyclic) bond motifs is 7. The molecule has 8 aromatic carbocycles. The van der Waals surface area contributed by atoms with Crippen molar-refractivity contribution < 1.29 is 0 Å². The Morgan fingerprint density at radius 3 is 1.57 bits per heavy atom. The lowest BCUT2D eigenvalue weighted by molar-refractivity contribution is 0.707. The fraction of sp³-hybridized carbons (Fsp3) is 0.0370. The van der Waals surface area contributed by atoms with E-state index in [0.717, 1.165) is 0 Å². The van der Waals surface area contributed by atoms with Gasteiger partial charge in [-0.25, -0.2) is 0 Å². The summed E-state index contributed by atoms with van der Waals surface area (Å²) < 4.78 is 0. The third-order valence-electron chi connectivity index (χ3n) is 12.3. The number of allylic oxidation sites excluding steroid dienone is 8. The van der Waals surface area contributed by atoms with Gasteiger partial charge in [-0.2, -0.15) is 0 Å². The Hall–Kier alpha value is -6.76. The Bertz CT molecular complexity index is 3010. The van der Waals surface area contributed by atoms with E-state index in [1.807, 2.05) is 0 Å². The van der Waals surface area contributed by atoms with E-state index in [-0.39, 0.29) is 0 Å². The molecule has 4 aliphatic carbocycles. The highest BCUT2D eigenvalue weighted by Gasteiger charge is 2.38. The highest BCUT2D eigenvalue weighted by molar-refractivity contribution is 6.29. The summed E-state index contributed by atoms with van der Waals surface area (Å²) in [7, 11) is 0. The maximum absolute atomic E-state index is 2.48. The smallest absolute Gasteiger partial charge is 0.0199 e. The molecule has 0 amide bonds. The second-order valence-corrected chi connectivity index (χ2v) is 15.1. The zero-order chi connectivity index (χ0) is 35.3. The van der Waals surface area contributed by atoms with Crippen LogP contribution in [0.5, 0.6) is 0 Å². The minimum atomic E-state index is 0.425. The molecule has 0 aliphatic heterocycles. The second kappa shape index (κ2) is 11.4. The normalized spacial score (nSPS) is 17.0. The first-order valence-electron chi connectivity index (χ1n) is 19.1. The molecular formula is C54H34. The summed E-state index contributed by atoms with van der Waals surface area (Å²) in [6, 6.07) is 59.0. The van der Waals surface area contributed by atoms with Gasteiger partial charge in [0, 0.05) is 11.8 Å². The van der Waals surface area contributed by atoms with E-state index in [4.69, 9.17) is 0 Å². The van der Waals surface area contributed by atoms with Crippen LogP contribution in [0.1, 0.15) is 11.1 Å². The van der Waals surface area contributed by atoms with E-state index in [9.17, 15) is 0 Å². The van der Waals surface area contributed by atoms with Gasteiger partial charge in [-0.3, -0.25) is 0 Å². The van der Waals surface area contributed by atoms with Crippen LogP contribution in [0.4, 0.5) is 0 Å². The molecule has 4 aliphatic rings. The summed E-state index contributed by atoms with van der Waals surface area (Å²) in [6.45, 7) is 0. The molecule has 0 aromatic heterocycles. The van der Waals surface area contributed by atoms with Crippen molar-refractivity contribution in [3.63, 3.8) is 0 Å². The quantitative estimate of drug-likeness (QED) is 0.173. The van der Waals surface area contributed by atoms with E-state index >= 15 is 0 Å². The van der Waals surface area contributed by atoms with Gasteiger partial charge in [0.1, 0.15) is 0 Å². The second-order valence-electron chi connectivity index (χ2n) is 15.1. The molecule has 2 atom stereocenters. The molecule has 0 nitrogen and oxygen atoms in total. The van der Waals surface area contributed by atoms with Gasteiger partial charge in [0.15, 0.2) is 0 Å². The average Bonchev–Trinajstić information content (AvgIpc) is 3.75. The van der Waals surface area contributed by atoms with Crippen molar-refractivity contribution >= 4 is 32.7 Å². The van der Waals surface area contributed by atoms with Crippen LogP contribution >= 0.6 is 0 Å². The molecular weight excluding hydrogens is 649 g/mol. The highest BCUT2D eigenvalue weighted by Crippen LogP contribution is 2.59. The van der Waals surface area contributed by atoms with Gasteiger partial charge < -0.3 is 0 Å². The van der Waals surface area contributed by atoms with Crippen molar-refractivity contribution in [2.24, 2.45) is 11.8 Å². The van der Waals surface area contributed by atoms with Gasteiger partial charge in [0.2, 0.25) is 0 Å². The molecule has 0 heteroatoms. The first kappa shape index (κ1) is 29.8. The van der Waals surface area contributed by atoms with Crippen molar-refractivity contribution in [2.75, 3.05) is 0 Å². The molecule has 0 bridgehead atoms. The van der Waals surface area contributed by atoms with E-state index in [2.05, 4.69) is 194 Å². The highest BCUT2D eigenvalue weighted by atomic mass is 14.4. The van der Waals surface area contributed by atoms with Crippen LogP contribution in [-0.4, -0.2) is 0 Å². The van der Waals surface area contributed by atoms with Crippen molar-refractivity contribution in [2.45, 2.75) is 0 Å². The SMILES string of the molecule is C1=CC2C=CC=C3c4cc(-c5ccc6c(-c7ccccc7)c7c(c(-c8ccccc8)c6c5)-c5cccc6c(-c8ccccc8)ccc-7c56)ccc4C(=C1)C32. The van der Waals surface area contributed by atoms with Gasteiger partial charge in [-0.1, -0.05) is 182 Å². The first-order chi connectivity index (χ1) is 26.8. The van der Waals surface area contributed by atoms with Crippen LogP contribution < -0.4 is 0 Å². The average molecular weight is 683 g/mol. The van der Waals surface area contributed by atoms with E-state index in [1.54, 1.807) is 0 Å². The van der Waals surface area contributed by atoms with Crippen molar-refractivity contribution in [1.82, 2.24) is 0 Å². The van der Waals surface area contributed by atoms with Gasteiger partial charge in [-0.15, -0.1) is 0 Å². The van der Waals surface area contributed by atoms with Gasteiger partial charge in [0.05, 0.1) is 0 Å². The number of rotatable bonds is 4. The third kappa shape index (κ3) is 4.14. The summed E-state index contributed by atoms with van der Waals surface area (Å²) in [5.41, 5.74) is 21.1. The minimum Gasteiger partial charge on any atom is -0.0767 e. The van der Waals surface area contributed by atoms with Gasteiger partial charge in [0.25, 0.3) is 0 Å².